The van der Waals surface area contributed by atoms with Crippen molar-refractivity contribution in [2.75, 3.05) is 11.9 Å². The van der Waals surface area contributed by atoms with Crippen LogP contribution in [0.2, 0.25) is 10.0 Å². The molecule has 0 aliphatic heterocycles. The summed E-state index contributed by atoms with van der Waals surface area (Å²) in [5.41, 5.74) is 6.57. The Balaban J connectivity index is 1.56. The molecule has 3 N–H and O–H groups in total. The number of carbonyl (C=O) groups excluding carboxylic acids is 2. The zero-order valence-corrected chi connectivity index (χ0v) is 16.8. The normalized spacial score (nSPS) is 10.6. The van der Waals surface area contributed by atoms with E-state index in [1.165, 1.54) is 10.7 Å². The third kappa shape index (κ3) is 5.49. The van der Waals surface area contributed by atoms with Crippen LogP contribution in [0, 0.1) is 0 Å². The summed E-state index contributed by atoms with van der Waals surface area (Å²) in [5, 5.41) is 7.92. The maximum Gasteiger partial charge on any atom is 0.269 e. The van der Waals surface area contributed by atoms with E-state index in [9.17, 15) is 9.59 Å². The second kappa shape index (κ2) is 9.45. The number of halogens is 2. The lowest BCUT2D eigenvalue weighted by Gasteiger charge is -2.11. The van der Waals surface area contributed by atoms with Gasteiger partial charge in [0, 0.05) is 17.6 Å². The summed E-state index contributed by atoms with van der Waals surface area (Å²) in [4.78, 5) is 23.6. The number of hydrogen-bond acceptors (Lipinski definition) is 4. The first-order valence-corrected chi connectivity index (χ1v) is 9.52. The molecule has 2 aromatic carbocycles. The van der Waals surface area contributed by atoms with Crippen LogP contribution in [0.4, 0.5) is 5.69 Å². The first kappa shape index (κ1) is 20.7. The predicted molar refractivity (Wildman–Crippen MR) is 112 cm³/mol. The van der Waals surface area contributed by atoms with E-state index >= 15 is 0 Å². The van der Waals surface area contributed by atoms with E-state index in [0.717, 1.165) is 0 Å². The molecule has 0 radical (unpaired) electrons. The van der Waals surface area contributed by atoms with E-state index < -0.39 is 5.91 Å². The van der Waals surface area contributed by atoms with E-state index in [1.807, 2.05) is 0 Å². The van der Waals surface area contributed by atoms with Crippen LogP contribution in [-0.4, -0.2) is 28.2 Å². The lowest BCUT2D eigenvalue weighted by atomic mass is 10.2. The topological polar surface area (TPSA) is 99.2 Å². The van der Waals surface area contributed by atoms with Gasteiger partial charge < -0.3 is 15.8 Å². The number of nitrogens with zero attached hydrogens (tertiary/aromatic N) is 2. The number of aromatic nitrogens is 2. The smallest absolute Gasteiger partial charge is 0.269 e. The Kier molecular flexibility index (Phi) is 6.74. The second-order valence-corrected chi connectivity index (χ2v) is 6.95. The molecule has 0 bridgehead atoms. The van der Waals surface area contributed by atoms with Crippen LogP contribution in [0.5, 0.6) is 5.75 Å². The Labute approximate surface area is 177 Å². The van der Waals surface area contributed by atoms with Crippen molar-refractivity contribution in [2.24, 2.45) is 5.73 Å². The molecule has 3 aromatic rings. The van der Waals surface area contributed by atoms with Crippen molar-refractivity contribution < 1.29 is 14.3 Å². The Morgan fingerprint density at radius 3 is 2.66 bits per heavy atom. The zero-order valence-electron chi connectivity index (χ0n) is 15.3. The number of amides is 2. The van der Waals surface area contributed by atoms with E-state index in [4.69, 9.17) is 33.7 Å². The average molecular weight is 433 g/mol. The average Bonchev–Trinajstić information content (AvgIpc) is 3.17. The molecule has 1 aromatic heterocycles. The number of carbonyl (C=O) groups is 2. The highest BCUT2D eigenvalue weighted by Gasteiger charge is 2.11. The molecule has 0 saturated carbocycles. The molecule has 0 saturated heterocycles. The fourth-order valence-corrected chi connectivity index (χ4v) is 3.05. The van der Waals surface area contributed by atoms with Crippen molar-refractivity contribution >= 4 is 40.7 Å². The van der Waals surface area contributed by atoms with Gasteiger partial charge in [0.1, 0.15) is 11.4 Å². The number of anilines is 1. The number of primary amides is 1. The molecule has 0 spiro atoms. The van der Waals surface area contributed by atoms with E-state index in [1.54, 1.807) is 48.7 Å². The lowest BCUT2D eigenvalue weighted by molar-refractivity contribution is -0.116. The van der Waals surface area contributed by atoms with Crippen LogP contribution in [-0.2, 0) is 4.79 Å². The SMILES string of the molecule is NC(=O)c1ccn(-c2ccccc2NC(=O)CCCOc2ccc(Cl)cc2Cl)n1. The minimum absolute atomic E-state index is 0.143. The first-order valence-electron chi connectivity index (χ1n) is 8.76. The van der Waals surface area contributed by atoms with Crippen molar-refractivity contribution in [1.29, 1.82) is 0 Å². The summed E-state index contributed by atoms with van der Waals surface area (Å²) >= 11 is 11.9. The largest absolute Gasteiger partial charge is 0.492 e. The maximum atomic E-state index is 12.3. The Bertz CT molecular complexity index is 1040. The van der Waals surface area contributed by atoms with Crippen molar-refractivity contribution in [3.63, 3.8) is 0 Å². The van der Waals surface area contributed by atoms with Gasteiger partial charge in [-0.2, -0.15) is 5.10 Å². The minimum atomic E-state index is -0.619. The summed E-state index contributed by atoms with van der Waals surface area (Å²) in [6.45, 7) is 0.331. The highest BCUT2D eigenvalue weighted by molar-refractivity contribution is 6.35. The van der Waals surface area contributed by atoms with E-state index in [-0.39, 0.29) is 18.0 Å². The monoisotopic (exact) mass is 432 g/mol. The molecule has 7 nitrogen and oxygen atoms in total. The first-order chi connectivity index (χ1) is 13.9. The summed E-state index contributed by atoms with van der Waals surface area (Å²) in [6.07, 6.45) is 2.36. The molecular formula is C20H18Cl2N4O3. The van der Waals surface area contributed by atoms with E-state index in [2.05, 4.69) is 10.4 Å². The van der Waals surface area contributed by atoms with Gasteiger partial charge in [0.25, 0.3) is 5.91 Å². The van der Waals surface area contributed by atoms with Crippen molar-refractivity contribution in [2.45, 2.75) is 12.8 Å². The summed E-state index contributed by atoms with van der Waals surface area (Å²) in [7, 11) is 0. The molecular weight excluding hydrogens is 415 g/mol. The lowest BCUT2D eigenvalue weighted by Crippen LogP contribution is -2.15. The van der Waals surface area contributed by atoms with Gasteiger partial charge in [0.2, 0.25) is 5.91 Å². The van der Waals surface area contributed by atoms with Gasteiger partial charge in [-0.25, -0.2) is 4.68 Å². The van der Waals surface area contributed by atoms with E-state index in [0.29, 0.717) is 40.2 Å². The summed E-state index contributed by atoms with van der Waals surface area (Å²) < 4.78 is 7.07. The number of hydrogen-bond donors (Lipinski definition) is 2. The molecule has 0 atom stereocenters. The highest BCUT2D eigenvalue weighted by Crippen LogP contribution is 2.27. The quantitative estimate of drug-likeness (QED) is 0.523. The molecule has 29 heavy (non-hydrogen) atoms. The van der Waals surface area contributed by atoms with Crippen molar-refractivity contribution in [3.8, 4) is 11.4 Å². The van der Waals surface area contributed by atoms with Crippen LogP contribution in [0.15, 0.2) is 54.7 Å². The van der Waals surface area contributed by atoms with Crippen LogP contribution >= 0.6 is 23.2 Å². The van der Waals surface area contributed by atoms with Crippen LogP contribution in [0.25, 0.3) is 5.69 Å². The van der Waals surface area contributed by atoms with Gasteiger partial charge in [-0.3, -0.25) is 9.59 Å². The number of para-hydroxylation sites is 2. The molecule has 150 valence electrons. The van der Waals surface area contributed by atoms with Gasteiger partial charge in [0.05, 0.1) is 23.0 Å². The Morgan fingerprint density at radius 1 is 1.14 bits per heavy atom. The number of nitrogens with two attached hydrogens (primary N) is 1. The summed E-state index contributed by atoms with van der Waals surface area (Å²) in [5.74, 6) is -0.276. The van der Waals surface area contributed by atoms with Crippen molar-refractivity contribution in [1.82, 2.24) is 9.78 Å². The van der Waals surface area contributed by atoms with Crippen molar-refractivity contribution in [3.05, 3.63) is 70.5 Å². The maximum absolute atomic E-state index is 12.3. The van der Waals surface area contributed by atoms with Gasteiger partial charge >= 0.3 is 0 Å². The summed E-state index contributed by atoms with van der Waals surface area (Å²) in [6, 6.07) is 13.6. The molecule has 1 heterocycles. The molecule has 3 rings (SSSR count). The number of ether oxygens (including phenoxy) is 1. The molecule has 2 amide bonds. The predicted octanol–water partition coefficient (Wildman–Crippen LogP) is 4.08. The fourth-order valence-electron chi connectivity index (χ4n) is 2.59. The Hall–Kier alpha value is -3.03. The Morgan fingerprint density at radius 2 is 1.93 bits per heavy atom. The standard InChI is InChI=1S/C20H18Cl2N4O3/c21-13-7-8-18(14(22)12-13)29-11-3-6-19(27)24-15-4-1-2-5-17(15)26-10-9-16(25-26)20(23)28/h1-2,4-5,7-10,12H,3,6,11H2,(H2,23,28)(H,24,27). The van der Waals surface area contributed by atoms with Gasteiger partial charge in [-0.1, -0.05) is 35.3 Å². The van der Waals surface area contributed by atoms with Crippen LogP contribution in [0.3, 0.4) is 0 Å². The van der Waals surface area contributed by atoms with Crippen LogP contribution < -0.4 is 15.8 Å². The third-order valence-corrected chi connectivity index (χ3v) is 4.50. The second-order valence-electron chi connectivity index (χ2n) is 6.10. The molecule has 0 fully saturated rings. The molecule has 0 aliphatic carbocycles. The third-order valence-electron chi connectivity index (χ3n) is 3.97. The molecule has 9 heteroatoms. The number of rotatable bonds is 8. The number of nitrogens with one attached hydrogen (secondary N) is 1. The zero-order chi connectivity index (χ0) is 20.8. The van der Waals surface area contributed by atoms with Gasteiger partial charge in [-0.15, -0.1) is 0 Å². The van der Waals surface area contributed by atoms with Crippen LogP contribution in [0.1, 0.15) is 23.3 Å². The van der Waals surface area contributed by atoms with Gasteiger partial charge in [0.15, 0.2) is 0 Å². The molecule has 0 aliphatic rings. The minimum Gasteiger partial charge on any atom is -0.492 e. The molecule has 0 unspecified atom stereocenters. The number of benzene rings is 2. The highest BCUT2D eigenvalue weighted by atomic mass is 35.5. The van der Waals surface area contributed by atoms with Gasteiger partial charge in [-0.05, 0) is 42.8 Å². The fraction of sp³-hybridized carbons (Fsp3) is 0.150.